The number of nitrogens with zero attached hydrogens (tertiary/aromatic N) is 1. The maximum atomic E-state index is 8.25. The van der Waals surface area contributed by atoms with Gasteiger partial charge in [0, 0.05) is 11.1 Å². The van der Waals surface area contributed by atoms with E-state index in [-0.39, 0.29) is 17.1 Å². The molecule has 0 aliphatic carbocycles. The molecule has 2 aromatic carbocycles. The van der Waals surface area contributed by atoms with Gasteiger partial charge >= 0.3 is 39.7 Å². The van der Waals surface area contributed by atoms with Crippen molar-refractivity contribution in [1.29, 1.82) is 5.26 Å². The number of benzene rings is 1. The zero-order valence-corrected chi connectivity index (χ0v) is 12.1. The molecule has 102 valence electrons. The zero-order chi connectivity index (χ0) is 14.9. The van der Waals surface area contributed by atoms with Gasteiger partial charge in [0.05, 0.1) is 0 Å². The van der Waals surface area contributed by atoms with Crippen LogP contribution in [-0.2, 0) is 26.4 Å². The fourth-order valence-electron chi connectivity index (χ4n) is 0.954. The van der Waals surface area contributed by atoms with E-state index in [0.29, 0.717) is 5.02 Å². The number of rotatable bonds is 1. The molecule has 3 nitrogen and oxygen atoms in total. The summed E-state index contributed by atoms with van der Waals surface area (Å²) in [5, 5.41) is 8.94. The van der Waals surface area contributed by atoms with Gasteiger partial charge < -0.3 is 0 Å². The Balaban J connectivity index is -0.000000246. The molecule has 0 fully saturated rings. The van der Waals surface area contributed by atoms with Crippen molar-refractivity contribution in [2.45, 2.75) is 0 Å². The van der Waals surface area contributed by atoms with Crippen LogP contribution in [0.1, 0.15) is 5.56 Å². The first-order chi connectivity index (χ1) is 9.33. The van der Waals surface area contributed by atoms with Crippen molar-refractivity contribution < 1.29 is 26.4 Å². The number of halogens is 1. The van der Waals surface area contributed by atoms with Crippen molar-refractivity contribution >= 4 is 11.6 Å². The van der Waals surface area contributed by atoms with E-state index < -0.39 is 0 Å². The summed E-state index contributed by atoms with van der Waals surface area (Å²) >= 11 is 5.62. The predicted octanol–water partition coefficient (Wildman–Crippen LogP) is 3.74. The van der Waals surface area contributed by atoms with E-state index in [1.165, 1.54) is 6.42 Å². The summed E-state index contributed by atoms with van der Waals surface area (Å²) in [6, 6.07) is 19.0. The molecular weight excluding hydrogens is 317 g/mol. The van der Waals surface area contributed by atoms with E-state index in [1.807, 2.05) is 36.4 Å². The monoisotopic (exact) mass is 327 g/mol. The maximum Gasteiger partial charge on any atom is 2.00 e. The second-order valence-corrected chi connectivity index (χ2v) is 3.22. The number of hydrogen-bond donors (Lipinski definition) is 0. The van der Waals surface area contributed by atoms with Crippen LogP contribution in [-0.4, -0.2) is 0 Å². The van der Waals surface area contributed by atoms with Gasteiger partial charge in [-0.15, -0.1) is 0 Å². The number of nitriles is 1. The van der Waals surface area contributed by atoms with Crippen LogP contribution in [0.3, 0.4) is 0 Å². The molecule has 0 amide bonds. The molecular formula is C15H10ClFeNO2. The standard InChI is InChI=1S/C8H5ClN.C5H5.2CO.Fe/c9-8-3-1-7(2-4-8)5-6-10;1-2-4-5-3-1;2*1-2;/h1-5H;1-5H;;;/q2*-1;;;+2. The molecule has 20 heavy (non-hydrogen) atoms. The Hall–Kier alpha value is -1.78. The topological polar surface area (TPSA) is 63.6 Å². The summed E-state index contributed by atoms with van der Waals surface area (Å²) in [6.45, 7) is 9.00. The second-order valence-electron chi connectivity index (χ2n) is 2.79. The summed E-state index contributed by atoms with van der Waals surface area (Å²) in [5.41, 5.74) is 0.881. The minimum Gasteiger partial charge on any atom is -0.214 e. The Morgan fingerprint density at radius 1 is 1.05 bits per heavy atom. The average molecular weight is 328 g/mol. The Kier molecular flexibility index (Phi) is 22.8. The van der Waals surface area contributed by atoms with Crippen LogP contribution >= 0.6 is 11.6 Å². The molecule has 0 radical (unpaired) electrons. The SMILES string of the molecule is N#C[CH-]c1ccc(Cl)cc1.[C-]#[O+].[C-]#[O+].[Fe+2].c1cc[cH-]c1. The van der Waals surface area contributed by atoms with Crippen molar-refractivity contribution in [3.8, 4) is 6.07 Å². The second kappa shape index (κ2) is 19.6. The van der Waals surface area contributed by atoms with Gasteiger partial charge in [-0.1, -0.05) is 30.2 Å². The molecule has 5 heteroatoms. The van der Waals surface area contributed by atoms with Gasteiger partial charge in [0.15, 0.2) is 0 Å². The normalized spacial score (nSPS) is 6.40. The number of hydrogen-bond acceptors (Lipinski definition) is 1. The molecule has 2 aromatic rings. The molecule has 0 N–H and O–H groups in total. The molecule has 0 bridgehead atoms. The quantitative estimate of drug-likeness (QED) is 0.447. The Labute approximate surface area is 134 Å². The van der Waals surface area contributed by atoms with Crippen LogP contribution in [0.4, 0.5) is 0 Å². The van der Waals surface area contributed by atoms with Gasteiger partial charge in [0.2, 0.25) is 0 Å². The Morgan fingerprint density at radius 3 is 1.80 bits per heavy atom. The zero-order valence-electron chi connectivity index (χ0n) is 10.3. The Bertz CT molecular complexity index is 461. The molecule has 0 saturated heterocycles. The summed E-state index contributed by atoms with van der Waals surface area (Å²) in [6.07, 6.45) is 1.47. The fraction of sp³-hybridized carbons (Fsp3) is 0. The van der Waals surface area contributed by atoms with Crippen LogP contribution in [0, 0.1) is 31.1 Å². The van der Waals surface area contributed by atoms with Gasteiger partial charge in [-0.2, -0.15) is 35.9 Å². The minimum absolute atomic E-state index is 0. The van der Waals surface area contributed by atoms with E-state index >= 15 is 0 Å². The minimum atomic E-state index is 0. The van der Waals surface area contributed by atoms with E-state index in [2.05, 4.69) is 13.3 Å². The molecule has 0 heterocycles. The van der Waals surface area contributed by atoms with E-state index in [9.17, 15) is 0 Å². The van der Waals surface area contributed by atoms with Crippen LogP contribution in [0.5, 0.6) is 0 Å². The fourth-order valence-corrected chi connectivity index (χ4v) is 1.08. The average Bonchev–Trinajstić information content (AvgIpc) is 3.06. The van der Waals surface area contributed by atoms with Gasteiger partial charge in [0.1, 0.15) is 0 Å². The van der Waals surface area contributed by atoms with Crippen LogP contribution in [0.2, 0.25) is 5.02 Å². The third kappa shape index (κ3) is 14.3. The van der Waals surface area contributed by atoms with Crippen LogP contribution < -0.4 is 0 Å². The molecule has 2 rings (SSSR count). The first kappa shape index (κ1) is 23.3. The van der Waals surface area contributed by atoms with Gasteiger partial charge in [0.25, 0.3) is 0 Å². The van der Waals surface area contributed by atoms with Crippen LogP contribution in [0.25, 0.3) is 0 Å². The van der Waals surface area contributed by atoms with Gasteiger partial charge in [-0.3, -0.25) is 0 Å². The molecule has 0 aromatic heterocycles. The molecule has 0 aliphatic rings. The first-order valence-electron chi connectivity index (χ1n) is 4.89. The molecule has 0 saturated carbocycles. The van der Waals surface area contributed by atoms with Crippen molar-refractivity contribution in [3.63, 3.8) is 0 Å². The molecule has 0 atom stereocenters. The predicted molar refractivity (Wildman–Crippen MR) is 70.4 cm³/mol. The molecule has 0 spiro atoms. The summed E-state index contributed by atoms with van der Waals surface area (Å²) < 4.78 is 15.0. The summed E-state index contributed by atoms with van der Waals surface area (Å²) in [7, 11) is 0. The third-order valence-corrected chi connectivity index (χ3v) is 1.91. The first-order valence-corrected chi connectivity index (χ1v) is 5.26. The van der Waals surface area contributed by atoms with E-state index in [0.717, 1.165) is 5.56 Å². The van der Waals surface area contributed by atoms with Crippen LogP contribution in [0.15, 0.2) is 54.6 Å². The summed E-state index contributed by atoms with van der Waals surface area (Å²) in [4.78, 5) is 0. The summed E-state index contributed by atoms with van der Waals surface area (Å²) in [5.74, 6) is 0. The smallest absolute Gasteiger partial charge is 0.214 e. The maximum absolute atomic E-state index is 8.25. The van der Waals surface area contributed by atoms with Gasteiger partial charge in [-0.25, -0.2) is 17.4 Å². The Morgan fingerprint density at radius 2 is 1.50 bits per heavy atom. The van der Waals surface area contributed by atoms with Crippen molar-refractivity contribution in [2.75, 3.05) is 0 Å². The third-order valence-electron chi connectivity index (χ3n) is 1.66. The van der Waals surface area contributed by atoms with Gasteiger partial charge in [-0.05, 0) is 0 Å². The van der Waals surface area contributed by atoms with Crippen molar-refractivity contribution in [2.24, 2.45) is 0 Å². The van der Waals surface area contributed by atoms with E-state index in [1.54, 1.807) is 24.3 Å². The van der Waals surface area contributed by atoms with Crippen molar-refractivity contribution in [3.05, 3.63) is 84.9 Å². The largest absolute Gasteiger partial charge is 2.00 e. The van der Waals surface area contributed by atoms with E-state index in [4.69, 9.17) is 26.2 Å². The van der Waals surface area contributed by atoms with Crippen molar-refractivity contribution in [1.82, 2.24) is 0 Å². The molecule has 0 aliphatic heterocycles. The molecule has 0 unspecified atom stereocenters.